The second kappa shape index (κ2) is 9.44. The minimum atomic E-state index is -4.32. The number of oxime groups is 1. The van der Waals surface area contributed by atoms with E-state index in [1.807, 2.05) is 6.07 Å². The maximum absolute atomic E-state index is 11.7. The van der Waals surface area contributed by atoms with Crippen LogP contribution in [0.2, 0.25) is 5.02 Å². The lowest BCUT2D eigenvalue weighted by Crippen LogP contribution is -2.34. The van der Waals surface area contributed by atoms with E-state index in [1.54, 1.807) is 26.0 Å². The molecule has 31 heavy (non-hydrogen) atoms. The maximum atomic E-state index is 11.7. The van der Waals surface area contributed by atoms with Crippen molar-refractivity contribution < 1.29 is 31.2 Å². The van der Waals surface area contributed by atoms with Crippen molar-refractivity contribution in [2.24, 2.45) is 5.16 Å². The Balaban J connectivity index is 1.42. The Hall–Kier alpha value is -2.98. The molecule has 0 spiro atoms. The van der Waals surface area contributed by atoms with E-state index >= 15 is 0 Å². The molecule has 1 N–H and O–H groups in total. The van der Waals surface area contributed by atoms with Gasteiger partial charge >= 0.3 is 16.5 Å². The highest BCUT2D eigenvalue weighted by Crippen LogP contribution is 2.37. The zero-order valence-electron chi connectivity index (χ0n) is 16.8. The predicted octanol–water partition coefficient (Wildman–Crippen LogP) is 4.62. The summed E-state index contributed by atoms with van der Waals surface area (Å²) in [5, 5.41) is 6.51. The molecule has 0 aliphatic carbocycles. The van der Waals surface area contributed by atoms with Crippen LogP contribution >= 0.6 is 11.6 Å². The van der Waals surface area contributed by atoms with Gasteiger partial charge in [-0.3, -0.25) is 5.32 Å². The highest BCUT2D eigenvalue weighted by molar-refractivity contribution is 7.82. The molecule has 0 unspecified atom stereocenters. The average Bonchev–Trinajstić information content (AvgIpc) is 2.68. The van der Waals surface area contributed by atoms with E-state index < -0.39 is 22.1 Å². The Morgan fingerprint density at radius 3 is 2.61 bits per heavy atom. The van der Waals surface area contributed by atoms with Crippen LogP contribution in [-0.2, 0) is 25.0 Å². The summed E-state index contributed by atoms with van der Waals surface area (Å²) >= 11 is 5.72. The Kier molecular flexibility index (Phi) is 6.91. The fraction of sp³-hybridized carbons (Fsp3) is 0.300. The van der Waals surface area contributed by atoms with Crippen LogP contribution in [0, 0.1) is 0 Å². The number of halogens is 1. The second-order valence-corrected chi connectivity index (χ2v) is 8.60. The number of unbranched alkanes of at least 4 members (excludes halogenated alkanes) is 1. The fourth-order valence-corrected chi connectivity index (χ4v) is 3.44. The van der Waals surface area contributed by atoms with Crippen LogP contribution in [0.1, 0.15) is 32.3 Å². The molecule has 3 rings (SSSR count). The Labute approximate surface area is 185 Å². The molecule has 0 saturated heterocycles. The molecule has 0 saturated carbocycles. The van der Waals surface area contributed by atoms with Crippen LogP contribution in [-0.4, -0.2) is 27.3 Å². The third-order valence-electron chi connectivity index (χ3n) is 4.19. The molecule has 0 fully saturated rings. The van der Waals surface area contributed by atoms with Gasteiger partial charge in [0.25, 0.3) is 0 Å². The molecular formula is C20H21ClN2O7S. The highest BCUT2D eigenvalue weighted by atomic mass is 35.5. The first-order valence-corrected chi connectivity index (χ1v) is 11.0. The molecule has 0 atom stereocenters. The first-order chi connectivity index (χ1) is 14.6. The molecule has 1 aliphatic heterocycles. The van der Waals surface area contributed by atoms with Gasteiger partial charge in [0.2, 0.25) is 0 Å². The van der Waals surface area contributed by atoms with Gasteiger partial charge in [-0.25, -0.2) is 9.08 Å². The standard InChI is InChI=1S/C20H21ClN2O7S/c1-20(2)17-13-16(9-10-18(17)23-19(24)28-20)27-12-4-3-11-22-30-31(25,26)29-15-7-5-14(21)6-8-15/h5-11,13H,3-4,12H2,1-2H3,(H,23,24). The average molecular weight is 469 g/mol. The van der Waals surface area contributed by atoms with E-state index in [2.05, 4.69) is 14.8 Å². The largest absolute Gasteiger partial charge is 0.521 e. The molecule has 0 aromatic heterocycles. The number of nitrogens with one attached hydrogen (secondary N) is 1. The van der Waals surface area contributed by atoms with E-state index in [1.165, 1.54) is 30.5 Å². The summed E-state index contributed by atoms with van der Waals surface area (Å²) in [6, 6.07) is 11.1. The number of carbonyl (C=O) groups excluding carboxylic acids is 1. The summed E-state index contributed by atoms with van der Waals surface area (Å²) in [4.78, 5) is 11.6. The second-order valence-electron chi connectivity index (χ2n) is 7.03. The van der Waals surface area contributed by atoms with Crippen molar-refractivity contribution in [1.82, 2.24) is 0 Å². The van der Waals surface area contributed by atoms with Crippen LogP contribution < -0.4 is 14.2 Å². The zero-order valence-corrected chi connectivity index (χ0v) is 18.4. The van der Waals surface area contributed by atoms with E-state index in [9.17, 15) is 13.2 Å². The number of hydrogen-bond donors (Lipinski definition) is 1. The number of cyclic esters (lactones) is 1. The molecule has 1 amide bonds. The number of anilines is 1. The molecule has 11 heteroatoms. The first kappa shape index (κ1) is 22.7. The maximum Gasteiger partial charge on any atom is 0.521 e. The summed E-state index contributed by atoms with van der Waals surface area (Å²) in [5.41, 5.74) is 0.728. The first-order valence-electron chi connectivity index (χ1n) is 9.32. The van der Waals surface area contributed by atoms with Gasteiger partial charge in [-0.2, -0.15) is 0 Å². The molecule has 166 valence electrons. The molecule has 9 nitrogen and oxygen atoms in total. The van der Waals surface area contributed by atoms with Crippen molar-refractivity contribution >= 4 is 40.0 Å². The minimum Gasteiger partial charge on any atom is -0.494 e. The topological polar surface area (TPSA) is 113 Å². The van der Waals surface area contributed by atoms with Crippen LogP contribution in [0.3, 0.4) is 0 Å². The summed E-state index contributed by atoms with van der Waals surface area (Å²) in [7, 11) is -4.32. The monoisotopic (exact) mass is 468 g/mol. The predicted molar refractivity (Wildman–Crippen MR) is 115 cm³/mol. The van der Waals surface area contributed by atoms with Gasteiger partial charge in [0.1, 0.15) is 17.1 Å². The number of benzene rings is 2. The Morgan fingerprint density at radius 2 is 1.87 bits per heavy atom. The summed E-state index contributed by atoms with van der Waals surface area (Å²) in [6.07, 6.45) is 1.81. The van der Waals surface area contributed by atoms with Crippen LogP contribution in [0.25, 0.3) is 0 Å². The number of nitrogens with zero attached hydrogens (tertiary/aromatic N) is 1. The quantitative estimate of drug-likeness (QED) is 0.324. The molecule has 1 aliphatic rings. The van der Waals surface area contributed by atoms with E-state index in [0.29, 0.717) is 35.9 Å². The number of amides is 1. The van der Waals surface area contributed by atoms with Crippen molar-refractivity contribution in [2.45, 2.75) is 32.3 Å². The number of rotatable bonds is 9. The van der Waals surface area contributed by atoms with Crippen LogP contribution in [0.15, 0.2) is 47.6 Å². The minimum absolute atomic E-state index is 0.0613. The molecule has 1 heterocycles. The lowest BCUT2D eigenvalue weighted by atomic mass is 9.94. The van der Waals surface area contributed by atoms with Gasteiger partial charge in [-0.1, -0.05) is 16.8 Å². The van der Waals surface area contributed by atoms with Gasteiger partial charge in [-0.05, 0) is 69.2 Å². The fourth-order valence-electron chi connectivity index (χ4n) is 2.77. The number of ether oxygens (including phenoxy) is 2. The van der Waals surface area contributed by atoms with Crippen molar-refractivity contribution in [1.29, 1.82) is 0 Å². The van der Waals surface area contributed by atoms with Crippen molar-refractivity contribution in [3.8, 4) is 11.5 Å². The summed E-state index contributed by atoms with van der Waals surface area (Å²) in [6.45, 7) is 3.97. The SMILES string of the molecule is CC1(C)OC(=O)Nc2ccc(OCCCC=NOS(=O)(=O)Oc3ccc(Cl)cc3)cc21. The van der Waals surface area contributed by atoms with Crippen molar-refractivity contribution in [3.63, 3.8) is 0 Å². The van der Waals surface area contributed by atoms with Gasteiger partial charge < -0.3 is 13.7 Å². The molecule has 0 radical (unpaired) electrons. The van der Waals surface area contributed by atoms with E-state index in [4.69, 9.17) is 25.3 Å². The normalized spacial score (nSPS) is 15.0. The number of carbonyl (C=O) groups is 1. The Morgan fingerprint density at radius 1 is 1.16 bits per heavy atom. The smallest absolute Gasteiger partial charge is 0.494 e. The summed E-state index contributed by atoms with van der Waals surface area (Å²) < 4.78 is 43.5. The molecular weight excluding hydrogens is 448 g/mol. The number of fused-ring (bicyclic) bond motifs is 1. The van der Waals surface area contributed by atoms with E-state index in [0.717, 1.165) is 5.56 Å². The Bertz CT molecular complexity index is 1070. The lowest BCUT2D eigenvalue weighted by molar-refractivity contribution is 0.0418. The molecule has 0 bridgehead atoms. The highest BCUT2D eigenvalue weighted by Gasteiger charge is 2.33. The van der Waals surface area contributed by atoms with Gasteiger partial charge in [0, 0.05) is 16.8 Å². The van der Waals surface area contributed by atoms with Gasteiger partial charge in [-0.15, -0.1) is 8.42 Å². The van der Waals surface area contributed by atoms with Crippen LogP contribution in [0.4, 0.5) is 10.5 Å². The van der Waals surface area contributed by atoms with Crippen molar-refractivity contribution in [2.75, 3.05) is 11.9 Å². The molecule has 2 aromatic carbocycles. The van der Waals surface area contributed by atoms with Gasteiger partial charge in [0.15, 0.2) is 0 Å². The third-order valence-corrected chi connectivity index (χ3v) is 5.11. The van der Waals surface area contributed by atoms with Crippen LogP contribution in [0.5, 0.6) is 11.5 Å². The van der Waals surface area contributed by atoms with Gasteiger partial charge in [0.05, 0.1) is 12.3 Å². The van der Waals surface area contributed by atoms with Crippen molar-refractivity contribution in [3.05, 3.63) is 53.1 Å². The summed E-state index contributed by atoms with van der Waals surface area (Å²) in [5.74, 6) is 0.685. The molecule has 2 aromatic rings. The zero-order chi connectivity index (χ0) is 22.5. The number of hydrogen-bond acceptors (Lipinski definition) is 8. The lowest BCUT2D eigenvalue weighted by Gasteiger charge is -2.32. The van der Waals surface area contributed by atoms with E-state index in [-0.39, 0.29) is 5.75 Å². The third kappa shape index (κ3) is 6.50.